The van der Waals surface area contributed by atoms with Crippen LogP contribution in [0, 0.1) is 0 Å². The third-order valence-corrected chi connectivity index (χ3v) is 6.16. The molecule has 1 fully saturated rings. The number of piperidine rings is 1. The lowest BCUT2D eigenvalue weighted by Crippen LogP contribution is -2.34. The Labute approximate surface area is 166 Å². The maximum Gasteiger partial charge on any atom is 0.251 e. The van der Waals surface area contributed by atoms with Crippen molar-refractivity contribution in [3.63, 3.8) is 0 Å². The van der Waals surface area contributed by atoms with Gasteiger partial charge in [-0.15, -0.1) is 11.3 Å². The number of aromatic amines is 1. The molecule has 0 saturated carbocycles. The van der Waals surface area contributed by atoms with Crippen LogP contribution >= 0.6 is 23.1 Å². The van der Waals surface area contributed by atoms with E-state index in [2.05, 4.69) is 19.9 Å². The lowest BCUT2D eigenvalue weighted by Gasteiger charge is -2.32. The second kappa shape index (κ2) is 8.33. The maximum atomic E-state index is 12.2. The van der Waals surface area contributed by atoms with Gasteiger partial charge in [0.05, 0.1) is 10.6 Å². The zero-order valence-electron chi connectivity index (χ0n) is 15.1. The Morgan fingerprint density at radius 3 is 2.96 bits per heavy atom. The van der Waals surface area contributed by atoms with E-state index in [1.807, 2.05) is 36.2 Å². The highest BCUT2D eigenvalue weighted by Gasteiger charge is 2.23. The Morgan fingerprint density at radius 1 is 1.37 bits per heavy atom. The van der Waals surface area contributed by atoms with Crippen LogP contribution in [0.25, 0.3) is 10.7 Å². The molecule has 1 N–H and O–H groups in total. The fraction of sp³-hybridized carbons (Fsp3) is 0.368. The molecule has 0 amide bonds. The average Bonchev–Trinajstić information content (AvgIpc) is 3.23. The number of H-pyrrole nitrogens is 1. The molecule has 0 radical (unpaired) electrons. The first-order valence-electron chi connectivity index (χ1n) is 8.93. The van der Waals surface area contributed by atoms with Crippen LogP contribution in [0.4, 0.5) is 0 Å². The number of aromatic nitrogens is 4. The van der Waals surface area contributed by atoms with Crippen LogP contribution in [0.2, 0.25) is 0 Å². The summed E-state index contributed by atoms with van der Waals surface area (Å²) in [5.74, 6) is 0.942. The van der Waals surface area contributed by atoms with Gasteiger partial charge in [-0.2, -0.15) is 0 Å². The summed E-state index contributed by atoms with van der Waals surface area (Å²) in [6, 6.07) is 5.61. The lowest BCUT2D eigenvalue weighted by molar-refractivity contribution is 0.198. The third kappa shape index (κ3) is 4.45. The highest BCUT2D eigenvalue weighted by Crippen LogP contribution is 2.28. The first-order chi connectivity index (χ1) is 13.2. The van der Waals surface area contributed by atoms with Gasteiger partial charge in [-0.05, 0) is 37.1 Å². The Bertz CT molecular complexity index is 939. The van der Waals surface area contributed by atoms with Crippen molar-refractivity contribution in [3.8, 4) is 10.7 Å². The van der Waals surface area contributed by atoms with E-state index in [4.69, 9.17) is 4.98 Å². The smallest absolute Gasteiger partial charge is 0.251 e. The monoisotopic (exact) mass is 399 g/mol. The molecular formula is C19H21N5OS2. The normalized spacial score (nSPS) is 17.9. The fourth-order valence-corrected chi connectivity index (χ4v) is 4.43. The summed E-state index contributed by atoms with van der Waals surface area (Å²) >= 11 is 3.13. The molecule has 0 aliphatic carbocycles. The summed E-state index contributed by atoms with van der Waals surface area (Å²) < 4.78 is 0. The van der Waals surface area contributed by atoms with E-state index in [1.165, 1.54) is 0 Å². The van der Waals surface area contributed by atoms with E-state index < -0.39 is 0 Å². The van der Waals surface area contributed by atoms with Gasteiger partial charge in [0.15, 0.2) is 5.16 Å². The topological polar surface area (TPSA) is 74.8 Å². The molecule has 3 aromatic heterocycles. The number of hydrogen-bond acceptors (Lipinski definition) is 7. The van der Waals surface area contributed by atoms with Gasteiger partial charge in [-0.1, -0.05) is 17.8 Å². The molecule has 4 heterocycles. The lowest BCUT2D eigenvalue weighted by atomic mass is 9.94. The van der Waals surface area contributed by atoms with Gasteiger partial charge in [0.25, 0.3) is 5.56 Å². The molecule has 140 valence electrons. The number of likely N-dealkylation sites (tertiary alicyclic amines) is 1. The van der Waals surface area contributed by atoms with Crippen molar-refractivity contribution in [3.05, 3.63) is 57.6 Å². The molecule has 27 heavy (non-hydrogen) atoms. The van der Waals surface area contributed by atoms with Gasteiger partial charge >= 0.3 is 0 Å². The molecule has 8 heteroatoms. The number of hydrogen-bond donors (Lipinski definition) is 1. The van der Waals surface area contributed by atoms with Gasteiger partial charge in [0.1, 0.15) is 5.82 Å². The van der Waals surface area contributed by atoms with Crippen LogP contribution in [0.15, 0.2) is 45.9 Å². The molecule has 1 aliphatic heterocycles. The van der Waals surface area contributed by atoms with Crippen LogP contribution in [0.3, 0.4) is 0 Å². The van der Waals surface area contributed by atoms with Gasteiger partial charge < -0.3 is 4.98 Å². The third-order valence-electron chi connectivity index (χ3n) is 4.71. The maximum absolute atomic E-state index is 12.2. The molecule has 0 spiro atoms. The highest BCUT2D eigenvalue weighted by atomic mass is 32.2. The van der Waals surface area contributed by atoms with Crippen molar-refractivity contribution in [2.45, 2.75) is 30.5 Å². The minimum absolute atomic E-state index is 0.0819. The van der Waals surface area contributed by atoms with Gasteiger partial charge in [-0.25, -0.2) is 15.0 Å². The van der Waals surface area contributed by atoms with E-state index in [-0.39, 0.29) is 11.5 Å². The molecule has 0 aromatic carbocycles. The predicted octanol–water partition coefficient (Wildman–Crippen LogP) is 3.39. The molecular weight excluding hydrogens is 378 g/mol. The predicted molar refractivity (Wildman–Crippen MR) is 109 cm³/mol. The molecule has 3 aromatic rings. The summed E-state index contributed by atoms with van der Waals surface area (Å²) in [7, 11) is 0. The van der Waals surface area contributed by atoms with Crippen LogP contribution in [0.1, 0.15) is 30.0 Å². The van der Waals surface area contributed by atoms with Crippen molar-refractivity contribution in [1.82, 2.24) is 24.8 Å². The molecule has 1 aliphatic rings. The van der Waals surface area contributed by atoms with E-state index in [9.17, 15) is 4.79 Å². The Morgan fingerprint density at radius 2 is 2.22 bits per heavy atom. The van der Waals surface area contributed by atoms with E-state index in [1.54, 1.807) is 29.2 Å². The van der Waals surface area contributed by atoms with Crippen molar-refractivity contribution in [2.24, 2.45) is 0 Å². The van der Waals surface area contributed by atoms with Gasteiger partial charge in [0.2, 0.25) is 0 Å². The van der Waals surface area contributed by atoms with Crippen molar-refractivity contribution in [1.29, 1.82) is 0 Å². The van der Waals surface area contributed by atoms with Crippen molar-refractivity contribution >= 4 is 23.1 Å². The van der Waals surface area contributed by atoms with Gasteiger partial charge in [-0.3, -0.25) is 9.69 Å². The first-order valence-corrected chi connectivity index (χ1v) is 11.0. The van der Waals surface area contributed by atoms with E-state index >= 15 is 0 Å². The standard InChI is InChI=1S/C19H21N5OS2/c1-26-19-20-9-13(10-21-19)11-24-6-2-4-14(12-24)15-8-17(25)23-18(22-15)16-5-3-7-27-16/h3,5,7-10,14H,2,4,6,11-12H2,1H3,(H,22,23,25)/t14-/m0/s1. The minimum atomic E-state index is -0.0819. The van der Waals surface area contributed by atoms with Crippen LogP contribution in [-0.2, 0) is 6.54 Å². The highest BCUT2D eigenvalue weighted by molar-refractivity contribution is 7.98. The zero-order valence-corrected chi connectivity index (χ0v) is 16.7. The van der Waals surface area contributed by atoms with Gasteiger partial charge in [0, 0.05) is 43.0 Å². The fourth-order valence-electron chi connectivity index (χ4n) is 3.44. The molecule has 4 rings (SSSR count). The summed E-state index contributed by atoms with van der Waals surface area (Å²) in [4.78, 5) is 31.9. The number of nitrogens with one attached hydrogen (secondary N) is 1. The minimum Gasteiger partial charge on any atom is -0.306 e. The molecule has 6 nitrogen and oxygen atoms in total. The summed E-state index contributed by atoms with van der Waals surface area (Å²) in [6.45, 7) is 2.76. The second-order valence-electron chi connectivity index (χ2n) is 6.65. The van der Waals surface area contributed by atoms with Crippen molar-refractivity contribution < 1.29 is 0 Å². The zero-order chi connectivity index (χ0) is 18.6. The van der Waals surface area contributed by atoms with E-state index in [0.717, 1.165) is 53.8 Å². The Hall–Kier alpha value is -2.03. The van der Waals surface area contributed by atoms with Crippen LogP contribution in [-0.4, -0.2) is 44.2 Å². The number of nitrogens with zero attached hydrogens (tertiary/aromatic N) is 4. The number of rotatable bonds is 5. The van der Waals surface area contributed by atoms with Crippen LogP contribution < -0.4 is 5.56 Å². The Balaban J connectivity index is 1.50. The SMILES string of the molecule is CSc1ncc(CN2CCC[C@H](c3cc(=O)[nH]c(-c4cccs4)n3)C2)cn1. The summed E-state index contributed by atoms with van der Waals surface area (Å²) in [5.41, 5.74) is 1.93. The quantitative estimate of drug-likeness (QED) is 0.524. The first kappa shape index (κ1) is 18.3. The average molecular weight is 400 g/mol. The Kier molecular flexibility index (Phi) is 5.66. The van der Waals surface area contributed by atoms with Crippen LogP contribution in [0.5, 0.6) is 0 Å². The number of thioether (sulfide) groups is 1. The van der Waals surface area contributed by atoms with E-state index in [0.29, 0.717) is 5.82 Å². The largest absolute Gasteiger partial charge is 0.306 e. The number of thiophene rings is 1. The molecule has 1 saturated heterocycles. The second-order valence-corrected chi connectivity index (χ2v) is 8.37. The molecule has 0 unspecified atom stereocenters. The van der Waals surface area contributed by atoms with Crippen molar-refractivity contribution in [2.75, 3.05) is 19.3 Å². The summed E-state index contributed by atoms with van der Waals surface area (Å²) in [6.07, 6.45) is 7.94. The molecule has 1 atom stereocenters. The molecule has 0 bridgehead atoms. The summed E-state index contributed by atoms with van der Waals surface area (Å²) in [5, 5.41) is 2.79.